The molecule has 2 aliphatic rings. The molecule has 1 fully saturated rings. The highest BCUT2D eigenvalue weighted by atomic mass is 16.5. The molecule has 0 radical (unpaired) electrons. The molecule has 0 spiro atoms. The third-order valence-electron chi connectivity index (χ3n) is 4.74. The summed E-state index contributed by atoms with van der Waals surface area (Å²) < 4.78 is 18.8. The van der Waals surface area contributed by atoms with E-state index in [4.69, 9.17) is 19.2 Å². The van der Waals surface area contributed by atoms with Crippen LogP contribution in [-0.2, 0) is 16.1 Å². The second-order valence-corrected chi connectivity index (χ2v) is 6.22. The Labute approximate surface area is 135 Å². The van der Waals surface area contributed by atoms with Crippen LogP contribution in [0.15, 0.2) is 18.2 Å². The first-order chi connectivity index (χ1) is 11.3. The maximum Gasteiger partial charge on any atom is 0.136 e. The van der Waals surface area contributed by atoms with Gasteiger partial charge >= 0.3 is 0 Å². The number of aromatic nitrogens is 2. The van der Waals surface area contributed by atoms with Gasteiger partial charge in [0.25, 0.3) is 0 Å². The summed E-state index contributed by atoms with van der Waals surface area (Å²) in [6.07, 6.45) is 2.17. The van der Waals surface area contributed by atoms with Crippen LogP contribution in [-0.4, -0.2) is 49.1 Å². The molecule has 1 aromatic carbocycles. The van der Waals surface area contributed by atoms with Gasteiger partial charge in [0.1, 0.15) is 18.2 Å². The summed E-state index contributed by atoms with van der Waals surface area (Å²) in [5.41, 5.74) is 2.13. The molecule has 0 saturated carbocycles. The zero-order valence-electron chi connectivity index (χ0n) is 13.5. The van der Waals surface area contributed by atoms with Crippen molar-refractivity contribution >= 4 is 11.0 Å². The van der Waals surface area contributed by atoms with Gasteiger partial charge in [-0.05, 0) is 25.0 Å². The van der Waals surface area contributed by atoms with Crippen molar-refractivity contribution in [1.82, 2.24) is 14.9 Å². The smallest absolute Gasteiger partial charge is 0.136 e. The predicted octanol–water partition coefficient (Wildman–Crippen LogP) is 1.88. The van der Waals surface area contributed by atoms with E-state index in [1.54, 1.807) is 7.11 Å². The van der Waals surface area contributed by atoms with Gasteiger partial charge < -0.3 is 24.1 Å². The van der Waals surface area contributed by atoms with Gasteiger partial charge in [0.15, 0.2) is 0 Å². The maximum atomic E-state index is 5.76. The van der Waals surface area contributed by atoms with E-state index in [1.807, 2.05) is 12.1 Å². The number of fused-ring (bicyclic) bond motifs is 3. The first kappa shape index (κ1) is 14.9. The van der Waals surface area contributed by atoms with Crippen LogP contribution in [0.2, 0.25) is 0 Å². The summed E-state index contributed by atoms with van der Waals surface area (Å²) in [7, 11) is 1.68. The average molecular weight is 317 g/mol. The van der Waals surface area contributed by atoms with Crippen LogP contribution in [0.5, 0.6) is 5.75 Å². The molecular formula is C17H23N3O3. The molecule has 1 unspecified atom stereocenters. The standard InChI is InChI=1S/C17H23N3O3/c1-21-14-2-3-16-15(8-14)19-17-11-23-10-13(20(16)17)9-18-12-4-6-22-7-5-12/h2-3,8,12-13,18H,4-7,9-11H2,1H3. The fraction of sp³-hybridized carbons (Fsp3) is 0.588. The highest BCUT2D eigenvalue weighted by molar-refractivity contribution is 5.78. The van der Waals surface area contributed by atoms with Crippen LogP contribution in [0, 0.1) is 0 Å². The van der Waals surface area contributed by atoms with Crippen molar-refractivity contribution < 1.29 is 14.2 Å². The van der Waals surface area contributed by atoms with Gasteiger partial charge in [-0.15, -0.1) is 0 Å². The third kappa shape index (κ3) is 2.94. The largest absolute Gasteiger partial charge is 0.497 e. The van der Waals surface area contributed by atoms with Gasteiger partial charge in [-0.3, -0.25) is 0 Å². The molecule has 3 heterocycles. The molecule has 2 aromatic rings. The molecule has 6 heteroatoms. The number of rotatable bonds is 4. The Hall–Kier alpha value is -1.63. The van der Waals surface area contributed by atoms with Gasteiger partial charge in [0.05, 0.1) is 30.8 Å². The molecule has 23 heavy (non-hydrogen) atoms. The molecular weight excluding hydrogens is 294 g/mol. The quantitative estimate of drug-likeness (QED) is 0.933. The number of imidazole rings is 1. The zero-order valence-corrected chi connectivity index (χ0v) is 13.5. The second kappa shape index (κ2) is 6.47. The van der Waals surface area contributed by atoms with Crippen LogP contribution in [0.4, 0.5) is 0 Å². The third-order valence-corrected chi connectivity index (χ3v) is 4.74. The lowest BCUT2D eigenvalue weighted by molar-refractivity contribution is 0.0491. The number of nitrogens with zero attached hydrogens (tertiary/aromatic N) is 2. The number of ether oxygens (including phenoxy) is 3. The van der Waals surface area contributed by atoms with Crippen molar-refractivity contribution in [2.75, 3.05) is 33.5 Å². The van der Waals surface area contributed by atoms with E-state index in [2.05, 4.69) is 16.0 Å². The summed E-state index contributed by atoms with van der Waals surface area (Å²) in [6, 6.07) is 6.90. The van der Waals surface area contributed by atoms with Gasteiger partial charge in [0, 0.05) is 31.9 Å². The molecule has 6 nitrogen and oxygen atoms in total. The lowest BCUT2D eigenvalue weighted by Crippen LogP contribution is -2.40. The normalized spacial score (nSPS) is 22.2. The van der Waals surface area contributed by atoms with E-state index in [0.29, 0.717) is 12.6 Å². The maximum absolute atomic E-state index is 5.76. The minimum Gasteiger partial charge on any atom is -0.497 e. The summed E-state index contributed by atoms with van der Waals surface area (Å²) in [4.78, 5) is 4.72. The van der Waals surface area contributed by atoms with Gasteiger partial charge in [-0.2, -0.15) is 0 Å². The first-order valence-corrected chi connectivity index (χ1v) is 8.29. The minimum atomic E-state index is 0.278. The Morgan fingerprint density at radius 2 is 2.17 bits per heavy atom. The SMILES string of the molecule is COc1ccc2c(c1)nc1n2C(CNC2CCOCC2)COC1. The second-order valence-electron chi connectivity index (χ2n) is 6.22. The number of hydrogen-bond donors (Lipinski definition) is 1. The predicted molar refractivity (Wildman–Crippen MR) is 86.8 cm³/mol. The summed E-state index contributed by atoms with van der Waals surface area (Å²) in [5, 5.41) is 3.68. The van der Waals surface area contributed by atoms with Crippen molar-refractivity contribution in [3.05, 3.63) is 24.0 Å². The van der Waals surface area contributed by atoms with E-state index >= 15 is 0 Å². The number of methoxy groups -OCH3 is 1. The lowest BCUT2D eigenvalue weighted by Gasteiger charge is -2.30. The Balaban J connectivity index is 1.56. The molecule has 124 valence electrons. The van der Waals surface area contributed by atoms with Gasteiger partial charge in [-0.25, -0.2) is 4.98 Å². The average Bonchev–Trinajstić information content (AvgIpc) is 2.98. The van der Waals surface area contributed by atoms with E-state index in [1.165, 1.54) is 0 Å². The summed E-state index contributed by atoms with van der Waals surface area (Å²) in [6.45, 7) is 3.91. The van der Waals surface area contributed by atoms with Crippen molar-refractivity contribution in [3.8, 4) is 5.75 Å². The van der Waals surface area contributed by atoms with Crippen LogP contribution in [0.3, 0.4) is 0 Å². The molecule has 1 aromatic heterocycles. The van der Waals surface area contributed by atoms with E-state index in [0.717, 1.165) is 61.8 Å². The van der Waals surface area contributed by atoms with Gasteiger partial charge in [0.2, 0.25) is 0 Å². The lowest BCUT2D eigenvalue weighted by atomic mass is 10.1. The summed E-state index contributed by atoms with van der Waals surface area (Å²) >= 11 is 0. The summed E-state index contributed by atoms with van der Waals surface area (Å²) in [5.74, 6) is 1.84. The molecule has 0 amide bonds. The highest BCUT2D eigenvalue weighted by Crippen LogP contribution is 2.28. The fourth-order valence-corrected chi connectivity index (χ4v) is 3.48. The minimum absolute atomic E-state index is 0.278. The molecule has 2 aliphatic heterocycles. The molecule has 4 rings (SSSR count). The number of hydrogen-bond acceptors (Lipinski definition) is 5. The monoisotopic (exact) mass is 317 g/mol. The molecule has 1 atom stereocenters. The van der Waals surface area contributed by atoms with Crippen LogP contribution in [0.1, 0.15) is 24.7 Å². The van der Waals surface area contributed by atoms with Crippen molar-refractivity contribution in [2.45, 2.75) is 31.5 Å². The van der Waals surface area contributed by atoms with E-state index in [-0.39, 0.29) is 6.04 Å². The first-order valence-electron chi connectivity index (χ1n) is 8.29. The number of nitrogens with one attached hydrogen (secondary N) is 1. The Bertz CT molecular complexity index is 679. The molecule has 0 aliphatic carbocycles. The Kier molecular flexibility index (Phi) is 4.20. The van der Waals surface area contributed by atoms with E-state index < -0.39 is 0 Å². The fourth-order valence-electron chi connectivity index (χ4n) is 3.48. The van der Waals surface area contributed by atoms with Crippen LogP contribution in [0.25, 0.3) is 11.0 Å². The van der Waals surface area contributed by atoms with Crippen molar-refractivity contribution in [1.29, 1.82) is 0 Å². The topological polar surface area (TPSA) is 57.5 Å². The Morgan fingerprint density at radius 1 is 1.30 bits per heavy atom. The molecule has 0 bridgehead atoms. The van der Waals surface area contributed by atoms with Crippen molar-refractivity contribution in [2.24, 2.45) is 0 Å². The van der Waals surface area contributed by atoms with Crippen molar-refractivity contribution in [3.63, 3.8) is 0 Å². The zero-order chi connectivity index (χ0) is 15.6. The van der Waals surface area contributed by atoms with Gasteiger partial charge in [-0.1, -0.05) is 0 Å². The van der Waals surface area contributed by atoms with E-state index in [9.17, 15) is 0 Å². The van der Waals surface area contributed by atoms with Crippen LogP contribution >= 0.6 is 0 Å². The molecule has 1 saturated heterocycles. The molecule has 1 N–H and O–H groups in total. The van der Waals surface area contributed by atoms with Crippen LogP contribution < -0.4 is 10.1 Å². The Morgan fingerprint density at radius 3 is 3.00 bits per heavy atom. The highest BCUT2D eigenvalue weighted by Gasteiger charge is 2.25. The number of benzene rings is 1.